The van der Waals surface area contributed by atoms with E-state index in [-0.39, 0.29) is 11.9 Å². The highest BCUT2D eigenvalue weighted by Gasteiger charge is 2.18. The SMILES string of the molecule is CC(c1ccccc1)n1c(CNC(=O)c2cccc(Cl)c2)nc2ccccc21. The predicted molar refractivity (Wildman–Crippen MR) is 113 cm³/mol. The van der Waals surface area contributed by atoms with E-state index in [0.717, 1.165) is 16.9 Å². The maximum atomic E-state index is 12.5. The molecular formula is C23H20ClN3O. The summed E-state index contributed by atoms with van der Waals surface area (Å²) in [4.78, 5) is 17.3. The van der Waals surface area contributed by atoms with E-state index < -0.39 is 0 Å². The van der Waals surface area contributed by atoms with Crippen LogP contribution in [0.5, 0.6) is 0 Å². The number of para-hydroxylation sites is 2. The van der Waals surface area contributed by atoms with Crippen LogP contribution in [0.3, 0.4) is 0 Å². The van der Waals surface area contributed by atoms with Gasteiger partial charge in [0.15, 0.2) is 0 Å². The molecule has 3 aromatic carbocycles. The molecule has 0 saturated heterocycles. The Bertz CT molecular complexity index is 1120. The zero-order chi connectivity index (χ0) is 19.5. The van der Waals surface area contributed by atoms with Gasteiger partial charge in [-0.25, -0.2) is 4.98 Å². The first kappa shape index (κ1) is 18.3. The molecular weight excluding hydrogens is 370 g/mol. The number of hydrogen-bond acceptors (Lipinski definition) is 2. The second kappa shape index (κ2) is 7.87. The Morgan fingerprint density at radius 2 is 1.79 bits per heavy atom. The van der Waals surface area contributed by atoms with Crippen LogP contribution in [0.15, 0.2) is 78.9 Å². The van der Waals surface area contributed by atoms with Crippen LogP contribution < -0.4 is 5.32 Å². The Balaban J connectivity index is 1.66. The summed E-state index contributed by atoms with van der Waals surface area (Å²) < 4.78 is 2.18. The second-order valence-electron chi connectivity index (χ2n) is 6.67. The fraction of sp³-hybridized carbons (Fsp3) is 0.130. The van der Waals surface area contributed by atoms with Gasteiger partial charge >= 0.3 is 0 Å². The predicted octanol–water partition coefficient (Wildman–Crippen LogP) is 5.23. The summed E-state index contributed by atoms with van der Waals surface area (Å²) in [7, 11) is 0. The van der Waals surface area contributed by atoms with Gasteiger partial charge in [0.25, 0.3) is 5.91 Å². The monoisotopic (exact) mass is 389 g/mol. The number of rotatable bonds is 5. The van der Waals surface area contributed by atoms with Crippen molar-refractivity contribution in [2.45, 2.75) is 19.5 Å². The molecule has 0 bridgehead atoms. The lowest BCUT2D eigenvalue weighted by atomic mass is 10.1. The van der Waals surface area contributed by atoms with Crippen LogP contribution >= 0.6 is 11.6 Å². The summed E-state index contributed by atoms with van der Waals surface area (Å²) in [6.45, 7) is 2.48. The topological polar surface area (TPSA) is 46.9 Å². The lowest BCUT2D eigenvalue weighted by Gasteiger charge is -2.18. The van der Waals surface area contributed by atoms with Crippen molar-refractivity contribution in [3.63, 3.8) is 0 Å². The molecule has 0 aliphatic heterocycles. The number of aromatic nitrogens is 2. The van der Waals surface area contributed by atoms with Crippen molar-refractivity contribution in [3.8, 4) is 0 Å². The number of fused-ring (bicyclic) bond motifs is 1. The standard InChI is InChI=1S/C23H20ClN3O/c1-16(17-8-3-2-4-9-17)27-21-13-6-5-12-20(21)26-22(27)15-25-23(28)18-10-7-11-19(24)14-18/h2-14,16H,15H2,1H3,(H,25,28). The third-order valence-electron chi connectivity index (χ3n) is 4.83. The van der Waals surface area contributed by atoms with Crippen LogP contribution in [0.1, 0.15) is 34.7 Å². The molecule has 1 heterocycles. The Hall–Kier alpha value is -3.11. The van der Waals surface area contributed by atoms with Crippen LogP contribution in [0, 0.1) is 0 Å². The zero-order valence-corrected chi connectivity index (χ0v) is 16.2. The molecule has 1 amide bonds. The van der Waals surface area contributed by atoms with Gasteiger partial charge in [-0.2, -0.15) is 0 Å². The summed E-state index contributed by atoms with van der Waals surface area (Å²) in [6, 6.07) is 25.3. The van der Waals surface area contributed by atoms with Gasteiger partial charge in [0, 0.05) is 10.6 Å². The highest BCUT2D eigenvalue weighted by Crippen LogP contribution is 2.26. The molecule has 140 valence electrons. The van der Waals surface area contributed by atoms with Crippen molar-refractivity contribution >= 4 is 28.5 Å². The van der Waals surface area contributed by atoms with E-state index in [9.17, 15) is 4.79 Å². The number of carbonyl (C=O) groups excluding carboxylic acids is 1. The van der Waals surface area contributed by atoms with Crippen LogP contribution in [0.2, 0.25) is 5.02 Å². The van der Waals surface area contributed by atoms with Gasteiger partial charge < -0.3 is 9.88 Å². The number of nitrogens with one attached hydrogen (secondary N) is 1. The van der Waals surface area contributed by atoms with Gasteiger partial charge in [0.1, 0.15) is 5.82 Å². The van der Waals surface area contributed by atoms with E-state index in [4.69, 9.17) is 16.6 Å². The lowest BCUT2D eigenvalue weighted by Crippen LogP contribution is -2.25. The summed E-state index contributed by atoms with van der Waals surface area (Å²) in [6.07, 6.45) is 0. The lowest BCUT2D eigenvalue weighted by molar-refractivity contribution is 0.0949. The molecule has 1 unspecified atom stereocenters. The average molecular weight is 390 g/mol. The van der Waals surface area contributed by atoms with Crippen LogP contribution in [0.25, 0.3) is 11.0 Å². The molecule has 0 spiro atoms. The van der Waals surface area contributed by atoms with Gasteiger partial charge in [-0.1, -0.05) is 60.1 Å². The van der Waals surface area contributed by atoms with Crippen molar-refractivity contribution in [3.05, 3.63) is 101 Å². The molecule has 0 aliphatic carbocycles. The number of nitrogens with zero attached hydrogens (tertiary/aromatic N) is 2. The quantitative estimate of drug-likeness (QED) is 0.508. The molecule has 4 rings (SSSR count). The smallest absolute Gasteiger partial charge is 0.251 e. The minimum Gasteiger partial charge on any atom is -0.345 e. The first-order valence-electron chi connectivity index (χ1n) is 9.18. The first-order valence-corrected chi connectivity index (χ1v) is 9.56. The minimum atomic E-state index is -0.173. The van der Waals surface area contributed by atoms with Gasteiger partial charge in [-0.05, 0) is 42.8 Å². The molecule has 0 radical (unpaired) electrons. The summed E-state index contributed by atoms with van der Waals surface area (Å²) in [5.41, 5.74) is 3.68. The molecule has 1 aromatic heterocycles. The number of halogens is 1. The van der Waals surface area contributed by atoms with E-state index in [1.807, 2.05) is 36.4 Å². The van der Waals surface area contributed by atoms with Crippen LogP contribution in [0.4, 0.5) is 0 Å². The average Bonchev–Trinajstić information content (AvgIpc) is 3.10. The Labute approximate surface area is 168 Å². The molecule has 0 fully saturated rings. The molecule has 0 aliphatic rings. The van der Waals surface area contributed by atoms with E-state index in [2.05, 4.69) is 35.0 Å². The van der Waals surface area contributed by atoms with Crippen molar-refractivity contribution in [1.29, 1.82) is 0 Å². The number of benzene rings is 3. The fourth-order valence-electron chi connectivity index (χ4n) is 3.42. The van der Waals surface area contributed by atoms with Crippen molar-refractivity contribution in [2.24, 2.45) is 0 Å². The van der Waals surface area contributed by atoms with Crippen molar-refractivity contribution in [1.82, 2.24) is 14.9 Å². The highest BCUT2D eigenvalue weighted by atomic mass is 35.5. The first-order chi connectivity index (χ1) is 13.6. The van der Waals surface area contributed by atoms with Crippen molar-refractivity contribution < 1.29 is 4.79 Å². The van der Waals surface area contributed by atoms with Gasteiger partial charge in [-0.15, -0.1) is 0 Å². The third-order valence-corrected chi connectivity index (χ3v) is 5.07. The van der Waals surface area contributed by atoms with Gasteiger partial charge in [-0.3, -0.25) is 4.79 Å². The van der Waals surface area contributed by atoms with E-state index >= 15 is 0 Å². The maximum Gasteiger partial charge on any atom is 0.251 e. The van der Waals surface area contributed by atoms with Crippen LogP contribution in [-0.4, -0.2) is 15.5 Å². The summed E-state index contributed by atoms with van der Waals surface area (Å²) in [5, 5.41) is 3.51. The number of amides is 1. The second-order valence-corrected chi connectivity index (χ2v) is 7.10. The highest BCUT2D eigenvalue weighted by molar-refractivity contribution is 6.30. The maximum absolute atomic E-state index is 12.5. The molecule has 0 saturated carbocycles. The Morgan fingerprint density at radius 3 is 2.57 bits per heavy atom. The molecule has 4 nitrogen and oxygen atoms in total. The molecule has 28 heavy (non-hydrogen) atoms. The summed E-state index contributed by atoms with van der Waals surface area (Å²) in [5.74, 6) is 0.640. The van der Waals surface area contributed by atoms with Gasteiger partial charge in [0.2, 0.25) is 0 Å². The van der Waals surface area contributed by atoms with E-state index in [1.165, 1.54) is 5.56 Å². The third kappa shape index (κ3) is 3.64. The fourth-order valence-corrected chi connectivity index (χ4v) is 3.61. The Kier molecular flexibility index (Phi) is 5.13. The van der Waals surface area contributed by atoms with E-state index in [0.29, 0.717) is 17.1 Å². The van der Waals surface area contributed by atoms with Crippen molar-refractivity contribution in [2.75, 3.05) is 0 Å². The Morgan fingerprint density at radius 1 is 1.04 bits per heavy atom. The molecule has 4 aromatic rings. The van der Waals surface area contributed by atoms with E-state index in [1.54, 1.807) is 24.3 Å². The van der Waals surface area contributed by atoms with Gasteiger partial charge in [0.05, 0.1) is 23.6 Å². The summed E-state index contributed by atoms with van der Waals surface area (Å²) >= 11 is 6.00. The van der Waals surface area contributed by atoms with Crippen LogP contribution in [-0.2, 0) is 6.54 Å². The molecule has 1 atom stereocenters. The zero-order valence-electron chi connectivity index (χ0n) is 15.5. The number of hydrogen-bond donors (Lipinski definition) is 1. The molecule has 5 heteroatoms. The minimum absolute atomic E-state index is 0.0895. The normalized spacial score (nSPS) is 12.1. The largest absolute Gasteiger partial charge is 0.345 e. The number of carbonyl (C=O) groups is 1. The molecule has 1 N–H and O–H groups in total. The number of imidazole rings is 1.